The van der Waals surface area contributed by atoms with Gasteiger partial charge in [0.25, 0.3) is 0 Å². The molecule has 4 rings (SSSR count). The highest BCUT2D eigenvalue weighted by Gasteiger charge is 2.61. The van der Waals surface area contributed by atoms with Crippen LogP contribution < -0.4 is 0 Å². The van der Waals surface area contributed by atoms with E-state index in [1.54, 1.807) is 0 Å². The van der Waals surface area contributed by atoms with Crippen LogP contribution in [0.3, 0.4) is 0 Å². The third-order valence-electron chi connectivity index (χ3n) is 8.14. The summed E-state index contributed by atoms with van der Waals surface area (Å²) in [6.07, 6.45) is 8.44. The minimum Gasteiger partial charge on any atom is -0.462 e. The van der Waals surface area contributed by atoms with Crippen LogP contribution in [-0.2, 0) is 19.1 Å². The second-order valence-electron chi connectivity index (χ2n) is 9.16. The molecule has 4 aliphatic rings. The van der Waals surface area contributed by atoms with Crippen LogP contribution in [0.2, 0.25) is 0 Å². The molecule has 4 fully saturated rings. The zero-order valence-corrected chi connectivity index (χ0v) is 15.2. The van der Waals surface area contributed by atoms with Crippen molar-refractivity contribution in [1.29, 1.82) is 0 Å². The molecular formula is C20H30O4. The summed E-state index contributed by atoms with van der Waals surface area (Å²) in [5.41, 5.74) is 0.291. The van der Waals surface area contributed by atoms with Crippen LogP contribution >= 0.6 is 0 Å². The van der Waals surface area contributed by atoms with E-state index in [2.05, 4.69) is 13.8 Å². The van der Waals surface area contributed by atoms with E-state index in [1.165, 1.54) is 19.8 Å². The molecule has 0 aromatic carbocycles. The van der Waals surface area contributed by atoms with Gasteiger partial charge in [-0.3, -0.25) is 9.59 Å². The number of hydrogen-bond acceptors (Lipinski definition) is 4. The van der Waals surface area contributed by atoms with Crippen LogP contribution in [0.15, 0.2) is 0 Å². The lowest BCUT2D eigenvalue weighted by Crippen LogP contribution is -2.57. The maximum atomic E-state index is 11.7. The van der Waals surface area contributed by atoms with E-state index in [1.807, 2.05) is 0 Å². The highest BCUT2D eigenvalue weighted by molar-refractivity contribution is 5.70. The largest absolute Gasteiger partial charge is 0.462 e. The van der Waals surface area contributed by atoms with Crippen molar-refractivity contribution in [1.82, 2.24) is 0 Å². The summed E-state index contributed by atoms with van der Waals surface area (Å²) in [4.78, 5) is 23.2. The van der Waals surface area contributed by atoms with Gasteiger partial charge in [0, 0.05) is 24.2 Å². The van der Waals surface area contributed by atoms with E-state index in [4.69, 9.17) is 9.47 Å². The van der Waals surface area contributed by atoms with Crippen molar-refractivity contribution in [2.24, 2.45) is 28.6 Å². The molecule has 0 aromatic rings. The van der Waals surface area contributed by atoms with Gasteiger partial charge < -0.3 is 9.47 Å². The van der Waals surface area contributed by atoms with E-state index in [0.717, 1.165) is 32.1 Å². The van der Waals surface area contributed by atoms with Crippen molar-refractivity contribution in [3.05, 3.63) is 0 Å². The highest BCUT2D eigenvalue weighted by Crippen LogP contribution is 2.64. The molecule has 1 heterocycles. The Morgan fingerprint density at radius 2 is 1.79 bits per heavy atom. The number of fused-ring (bicyclic) bond motifs is 5. The fraction of sp³-hybridized carbons (Fsp3) is 0.900. The van der Waals surface area contributed by atoms with Crippen LogP contribution in [0.5, 0.6) is 0 Å². The Labute approximate surface area is 144 Å². The summed E-state index contributed by atoms with van der Waals surface area (Å²) in [5.74, 6) is 1.85. The van der Waals surface area contributed by atoms with Crippen molar-refractivity contribution >= 4 is 11.9 Å². The van der Waals surface area contributed by atoms with Gasteiger partial charge in [-0.05, 0) is 62.7 Å². The summed E-state index contributed by atoms with van der Waals surface area (Å²) in [7, 11) is 0. The number of esters is 2. The SMILES string of the molecule is CC(=O)O[C@H]1CC[C@H]2[C@@H]3CC[C@H]4OC(=O)CC[C@]4(C)[C@H]3CC[C@]12C. The van der Waals surface area contributed by atoms with Crippen LogP contribution in [0, 0.1) is 28.6 Å². The number of rotatable bonds is 1. The third-order valence-corrected chi connectivity index (χ3v) is 8.14. The topological polar surface area (TPSA) is 52.6 Å². The standard InChI is InChI=1S/C20H30O4/c1-12(21)23-16-7-5-14-13-4-6-17-20(3,11-9-18(22)24-17)15(13)8-10-19(14,16)2/h13-17H,4-11H2,1-3H3/t13-,14-,15-,16-,17+,19-,20+/m0/s1. The Kier molecular flexibility index (Phi) is 3.74. The van der Waals surface area contributed by atoms with Crippen molar-refractivity contribution in [2.45, 2.75) is 84.3 Å². The predicted octanol–water partition coefficient (Wildman–Crippen LogP) is 3.87. The van der Waals surface area contributed by atoms with E-state index in [0.29, 0.717) is 24.2 Å². The maximum Gasteiger partial charge on any atom is 0.306 e. The Balaban J connectivity index is 1.58. The first-order chi connectivity index (χ1) is 11.3. The average molecular weight is 334 g/mol. The van der Waals surface area contributed by atoms with E-state index >= 15 is 0 Å². The molecule has 24 heavy (non-hydrogen) atoms. The second kappa shape index (κ2) is 5.47. The molecule has 4 nitrogen and oxygen atoms in total. The van der Waals surface area contributed by atoms with E-state index < -0.39 is 0 Å². The molecule has 7 atom stereocenters. The first-order valence-corrected chi connectivity index (χ1v) is 9.71. The van der Waals surface area contributed by atoms with Gasteiger partial charge in [-0.1, -0.05) is 13.8 Å². The quantitative estimate of drug-likeness (QED) is 0.683. The van der Waals surface area contributed by atoms with Gasteiger partial charge in [0.2, 0.25) is 0 Å². The summed E-state index contributed by atoms with van der Waals surface area (Å²) in [5, 5.41) is 0. The fourth-order valence-corrected chi connectivity index (χ4v) is 6.90. The van der Waals surface area contributed by atoms with Crippen molar-refractivity contribution in [3.8, 4) is 0 Å². The minimum absolute atomic E-state index is 0.00707. The van der Waals surface area contributed by atoms with Gasteiger partial charge in [0.1, 0.15) is 12.2 Å². The van der Waals surface area contributed by atoms with Crippen molar-refractivity contribution in [2.75, 3.05) is 0 Å². The molecular weight excluding hydrogens is 304 g/mol. The predicted molar refractivity (Wildman–Crippen MR) is 89.1 cm³/mol. The lowest BCUT2D eigenvalue weighted by atomic mass is 9.48. The third kappa shape index (κ3) is 2.24. The number of carbonyl (C=O) groups excluding carboxylic acids is 2. The van der Waals surface area contributed by atoms with Crippen molar-refractivity contribution < 1.29 is 19.1 Å². The van der Waals surface area contributed by atoms with Crippen molar-refractivity contribution in [3.63, 3.8) is 0 Å². The van der Waals surface area contributed by atoms with E-state index in [9.17, 15) is 9.59 Å². The first-order valence-electron chi connectivity index (χ1n) is 9.71. The molecule has 3 aliphatic carbocycles. The summed E-state index contributed by atoms with van der Waals surface area (Å²) in [6, 6.07) is 0. The van der Waals surface area contributed by atoms with Gasteiger partial charge in [-0.2, -0.15) is 0 Å². The Morgan fingerprint density at radius 3 is 2.54 bits per heavy atom. The molecule has 0 unspecified atom stereocenters. The van der Waals surface area contributed by atoms with Crippen LogP contribution in [-0.4, -0.2) is 24.1 Å². The van der Waals surface area contributed by atoms with Crippen LogP contribution in [0.1, 0.15) is 72.1 Å². The van der Waals surface area contributed by atoms with Crippen LogP contribution in [0.25, 0.3) is 0 Å². The Morgan fingerprint density at radius 1 is 1.04 bits per heavy atom. The van der Waals surface area contributed by atoms with Gasteiger partial charge in [0.05, 0.1) is 0 Å². The van der Waals surface area contributed by atoms with Gasteiger partial charge in [-0.25, -0.2) is 0 Å². The minimum atomic E-state index is -0.140. The first kappa shape index (κ1) is 16.4. The Bertz CT molecular complexity index is 558. The number of ether oxygens (including phenoxy) is 2. The molecule has 1 saturated heterocycles. The molecule has 3 saturated carbocycles. The summed E-state index contributed by atoms with van der Waals surface area (Å²) in [6.45, 7) is 6.25. The zero-order chi connectivity index (χ0) is 17.1. The van der Waals surface area contributed by atoms with Gasteiger partial charge >= 0.3 is 11.9 Å². The summed E-state index contributed by atoms with van der Waals surface area (Å²) >= 11 is 0. The summed E-state index contributed by atoms with van der Waals surface area (Å²) < 4.78 is 11.4. The van der Waals surface area contributed by atoms with Crippen LogP contribution in [0.4, 0.5) is 0 Å². The molecule has 4 heteroatoms. The van der Waals surface area contributed by atoms with E-state index in [-0.39, 0.29) is 35.0 Å². The number of carbonyl (C=O) groups is 2. The fourth-order valence-electron chi connectivity index (χ4n) is 6.90. The normalized spacial score (nSPS) is 50.3. The lowest BCUT2D eigenvalue weighted by Gasteiger charge is -2.59. The second-order valence-corrected chi connectivity index (χ2v) is 9.16. The maximum absolute atomic E-state index is 11.7. The molecule has 0 aromatic heterocycles. The Hall–Kier alpha value is -1.06. The molecule has 0 radical (unpaired) electrons. The highest BCUT2D eigenvalue weighted by atomic mass is 16.5. The molecule has 1 aliphatic heterocycles. The lowest BCUT2D eigenvalue weighted by molar-refractivity contribution is -0.194. The molecule has 0 spiro atoms. The molecule has 0 N–H and O–H groups in total. The molecule has 134 valence electrons. The van der Waals surface area contributed by atoms with Gasteiger partial charge in [-0.15, -0.1) is 0 Å². The molecule has 0 bridgehead atoms. The smallest absolute Gasteiger partial charge is 0.306 e. The zero-order valence-electron chi connectivity index (χ0n) is 15.2. The molecule has 0 amide bonds. The monoisotopic (exact) mass is 334 g/mol. The van der Waals surface area contributed by atoms with Gasteiger partial charge in [0.15, 0.2) is 0 Å². The number of hydrogen-bond donors (Lipinski definition) is 0. The average Bonchev–Trinajstić information content (AvgIpc) is 2.84.